The fraction of sp³-hybridized carbons (Fsp3) is 0.391. The van der Waals surface area contributed by atoms with Gasteiger partial charge in [0.1, 0.15) is 0 Å². The highest BCUT2D eigenvalue weighted by Crippen LogP contribution is 2.44. The number of halogens is 1. The first-order chi connectivity index (χ1) is 14.5. The standard InChI is InChI=1S/C23H25ClN4O2/c24-19-4-2-1-3-15(19)9-14-5-6-16-11-28(12-18(14)16)13-22(29)25-17-7-8-20-21(10-17)27-23(30)26-20/h1-4,7-8,10,14,16,18H,5-6,9,11-13H2,(H,25,29)(H2,26,27,30)/t14-,16-,18-/m1/s1. The number of rotatable bonds is 5. The highest BCUT2D eigenvalue weighted by Gasteiger charge is 2.42. The van der Waals surface area contributed by atoms with Gasteiger partial charge in [-0.05, 0) is 66.8 Å². The summed E-state index contributed by atoms with van der Waals surface area (Å²) < 4.78 is 0. The lowest BCUT2D eigenvalue weighted by Gasteiger charge is -2.21. The zero-order valence-electron chi connectivity index (χ0n) is 16.7. The molecule has 1 amide bonds. The van der Waals surface area contributed by atoms with Gasteiger partial charge < -0.3 is 15.3 Å². The number of hydrogen-bond acceptors (Lipinski definition) is 3. The summed E-state index contributed by atoms with van der Waals surface area (Å²) in [5, 5.41) is 3.82. The maximum atomic E-state index is 12.6. The van der Waals surface area contributed by atoms with Gasteiger partial charge in [0.05, 0.1) is 17.6 Å². The first kappa shape index (κ1) is 19.4. The molecule has 7 heteroatoms. The van der Waals surface area contributed by atoms with Gasteiger partial charge in [0, 0.05) is 23.8 Å². The molecule has 2 aromatic carbocycles. The van der Waals surface area contributed by atoms with Gasteiger partial charge in [-0.25, -0.2) is 4.79 Å². The molecule has 1 aliphatic heterocycles. The molecule has 3 atom stereocenters. The summed E-state index contributed by atoms with van der Waals surface area (Å²) in [4.78, 5) is 31.7. The number of nitrogens with zero attached hydrogens (tertiary/aromatic N) is 1. The molecular formula is C23H25ClN4O2. The van der Waals surface area contributed by atoms with E-state index in [1.165, 1.54) is 18.4 Å². The smallest absolute Gasteiger partial charge is 0.323 e. The van der Waals surface area contributed by atoms with Crippen LogP contribution < -0.4 is 11.0 Å². The van der Waals surface area contributed by atoms with Gasteiger partial charge in [0.25, 0.3) is 0 Å². The normalized spacial score (nSPS) is 23.7. The Balaban J connectivity index is 1.19. The molecule has 6 nitrogen and oxygen atoms in total. The molecule has 2 heterocycles. The summed E-state index contributed by atoms with van der Waals surface area (Å²) in [7, 11) is 0. The Morgan fingerprint density at radius 3 is 2.80 bits per heavy atom. The van der Waals surface area contributed by atoms with Crippen molar-refractivity contribution in [2.45, 2.75) is 19.3 Å². The third-order valence-electron chi connectivity index (χ3n) is 6.69. The van der Waals surface area contributed by atoms with E-state index in [0.717, 1.165) is 30.0 Å². The summed E-state index contributed by atoms with van der Waals surface area (Å²) in [5.74, 6) is 1.92. The molecule has 0 spiro atoms. The summed E-state index contributed by atoms with van der Waals surface area (Å²) >= 11 is 6.37. The lowest BCUT2D eigenvalue weighted by molar-refractivity contribution is -0.117. The number of carbonyl (C=O) groups excluding carboxylic acids is 1. The Kier molecular flexibility index (Phi) is 5.13. The molecule has 0 radical (unpaired) electrons. The van der Waals surface area contributed by atoms with Crippen LogP contribution in [0.2, 0.25) is 5.02 Å². The minimum absolute atomic E-state index is 0.0186. The first-order valence-electron chi connectivity index (χ1n) is 10.5. The van der Waals surface area contributed by atoms with E-state index in [-0.39, 0.29) is 11.6 Å². The number of fused-ring (bicyclic) bond motifs is 2. The molecule has 156 valence electrons. The number of imidazole rings is 1. The molecule has 0 bridgehead atoms. The Morgan fingerprint density at radius 2 is 1.93 bits per heavy atom. The maximum Gasteiger partial charge on any atom is 0.323 e. The average molecular weight is 425 g/mol. The van der Waals surface area contributed by atoms with Gasteiger partial charge in [-0.1, -0.05) is 29.8 Å². The van der Waals surface area contributed by atoms with Gasteiger partial charge in [-0.15, -0.1) is 0 Å². The van der Waals surface area contributed by atoms with Crippen LogP contribution >= 0.6 is 11.6 Å². The van der Waals surface area contributed by atoms with E-state index in [1.54, 1.807) is 12.1 Å². The zero-order valence-corrected chi connectivity index (χ0v) is 17.4. The predicted molar refractivity (Wildman–Crippen MR) is 119 cm³/mol. The lowest BCUT2D eigenvalue weighted by Crippen LogP contribution is -2.32. The largest absolute Gasteiger partial charge is 0.325 e. The average Bonchev–Trinajstić information content (AvgIpc) is 3.37. The SMILES string of the molecule is O=C(CN1C[C@H]2CC[C@H](Cc3ccccc3Cl)[C@H]2C1)Nc1ccc2[nH]c(=O)[nH]c2c1. The second-order valence-corrected chi connectivity index (χ2v) is 9.05. The van der Waals surface area contributed by atoms with E-state index in [4.69, 9.17) is 11.6 Å². The molecule has 1 aromatic heterocycles. The van der Waals surface area contributed by atoms with E-state index < -0.39 is 0 Å². The van der Waals surface area contributed by atoms with E-state index >= 15 is 0 Å². The van der Waals surface area contributed by atoms with Crippen LogP contribution in [0.4, 0.5) is 5.69 Å². The van der Waals surface area contributed by atoms with E-state index in [2.05, 4.69) is 32.3 Å². The number of carbonyl (C=O) groups is 1. The van der Waals surface area contributed by atoms with Gasteiger partial charge >= 0.3 is 5.69 Å². The van der Waals surface area contributed by atoms with E-state index in [1.807, 2.05) is 18.2 Å². The Bertz CT molecular complexity index is 1140. The number of aromatic nitrogens is 2. The third-order valence-corrected chi connectivity index (χ3v) is 7.06. The molecular weight excluding hydrogens is 400 g/mol. The molecule has 0 unspecified atom stereocenters. The van der Waals surface area contributed by atoms with Crippen molar-refractivity contribution in [2.24, 2.45) is 17.8 Å². The molecule has 1 saturated carbocycles. The summed E-state index contributed by atoms with van der Waals surface area (Å²) in [6.45, 7) is 2.35. The van der Waals surface area contributed by atoms with E-state index in [9.17, 15) is 9.59 Å². The molecule has 3 N–H and O–H groups in total. The van der Waals surface area contributed by atoms with Crippen LogP contribution in [-0.2, 0) is 11.2 Å². The second kappa shape index (κ2) is 7.93. The summed E-state index contributed by atoms with van der Waals surface area (Å²) in [6, 6.07) is 13.5. The molecule has 1 saturated heterocycles. The highest BCUT2D eigenvalue weighted by atomic mass is 35.5. The van der Waals surface area contributed by atoms with Crippen LogP contribution in [0.5, 0.6) is 0 Å². The van der Waals surface area contributed by atoms with Crippen molar-refractivity contribution in [1.29, 1.82) is 0 Å². The van der Waals surface area contributed by atoms with Crippen molar-refractivity contribution < 1.29 is 4.79 Å². The maximum absolute atomic E-state index is 12.6. The van der Waals surface area contributed by atoms with Crippen LogP contribution in [0.3, 0.4) is 0 Å². The second-order valence-electron chi connectivity index (χ2n) is 8.64. The van der Waals surface area contributed by atoms with Crippen molar-refractivity contribution in [3.8, 4) is 0 Å². The monoisotopic (exact) mass is 424 g/mol. The highest BCUT2D eigenvalue weighted by molar-refractivity contribution is 6.31. The van der Waals surface area contributed by atoms with Crippen LogP contribution in [0.15, 0.2) is 47.3 Å². The minimum atomic E-state index is -0.247. The fourth-order valence-corrected chi connectivity index (χ4v) is 5.53. The van der Waals surface area contributed by atoms with Crippen molar-refractivity contribution >= 4 is 34.2 Å². The number of nitrogens with one attached hydrogen (secondary N) is 3. The molecule has 2 aliphatic rings. The van der Waals surface area contributed by atoms with Gasteiger partial charge in [-0.2, -0.15) is 0 Å². The topological polar surface area (TPSA) is 81.0 Å². The number of aromatic amines is 2. The van der Waals surface area contributed by atoms with Crippen LogP contribution in [0.1, 0.15) is 18.4 Å². The fourth-order valence-electron chi connectivity index (χ4n) is 5.31. The Morgan fingerprint density at radius 1 is 1.10 bits per heavy atom. The molecule has 1 aliphatic carbocycles. The van der Waals surface area contributed by atoms with Gasteiger partial charge in [-0.3, -0.25) is 9.69 Å². The number of benzene rings is 2. The van der Waals surface area contributed by atoms with Crippen LogP contribution in [0.25, 0.3) is 11.0 Å². The quantitative estimate of drug-likeness (QED) is 0.584. The van der Waals surface area contributed by atoms with Crippen LogP contribution in [0, 0.1) is 17.8 Å². The van der Waals surface area contributed by atoms with Gasteiger partial charge in [0.15, 0.2) is 0 Å². The molecule has 5 rings (SSSR count). The summed E-state index contributed by atoms with van der Waals surface area (Å²) in [5.41, 5.74) is 3.10. The first-order valence-corrected chi connectivity index (χ1v) is 10.9. The van der Waals surface area contributed by atoms with E-state index in [0.29, 0.717) is 35.5 Å². The van der Waals surface area contributed by atoms with Gasteiger partial charge in [0.2, 0.25) is 5.91 Å². The number of hydrogen-bond donors (Lipinski definition) is 3. The lowest BCUT2D eigenvalue weighted by atomic mass is 9.87. The van der Waals surface area contributed by atoms with Crippen molar-refractivity contribution in [1.82, 2.24) is 14.9 Å². The third kappa shape index (κ3) is 3.89. The molecule has 30 heavy (non-hydrogen) atoms. The number of anilines is 1. The zero-order chi connectivity index (χ0) is 20.7. The molecule has 3 aromatic rings. The minimum Gasteiger partial charge on any atom is -0.325 e. The number of H-pyrrole nitrogens is 2. The van der Waals surface area contributed by atoms with Crippen molar-refractivity contribution in [2.75, 3.05) is 25.0 Å². The summed E-state index contributed by atoms with van der Waals surface area (Å²) in [6.07, 6.45) is 3.50. The Hall–Kier alpha value is -2.57. The van der Waals surface area contributed by atoms with Crippen molar-refractivity contribution in [3.63, 3.8) is 0 Å². The molecule has 2 fully saturated rings. The van der Waals surface area contributed by atoms with Crippen molar-refractivity contribution in [3.05, 3.63) is 63.5 Å². The predicted octanol–water partition coefficient (Wildman–Crippen LogP) is 3.65. The Labute approximate surface area is 179 Å². The van der Waals surface area contributed by atoms with Crippen LogP contribution in [-0.4, -0.2) is 40.4 Å². The number of amides is 1. The number of likely N-dealkylation sites (tertiary alicyclic amines) is 1.